The smallest absolute Gasteiger partial charge is 0.306 e. The van der Waals surface area contributed by atoms with Gasteiger partial charge in [-0.15, -0.1) is 0 Å². The first-order valence-corrected chi connectivity index (χ1v) is 11.7. The summed E-state index contributed by atoms with van der Waals surface area (Å²) in [7, 11) is 0. The molecule has 1 aromatic heterocycles. The van der Waals surface area contributed by atoms with E-state index in [1.807, 2.05) is 4.57 Å². The van der Waals surface area contributed by atoms with Crippen molar-refractivity contribution in [3.8, 4) is 0 Å². The van der Waals surface area contributed by atoms with Crippen LogP contribution in [0, 0.1) is 6.92 Å². The fraction of sp³-hybridized carbons (Fsp3) is 0.500. The largest absolute Gasteiger partial charge is 0.326 e. The summed E-state index contributed by atoms with van der Waals surface area (Å²) in [6.45, 7) is 4.19. The lowest BCUT2D eigenvalue weighted by atomic mass is 9.79. The van der Waals surface area contributed by atoms with Crippen molar-refractivity contribution >= 4 is 11.0 Å². The Hall–Kier alpha value is -2.33. The number of imidazole rings is 1. The summed E-state index contributed by atoms with van der Waals surface area (Å²) in [4.78, 5) is 18.6. The van der Waals surface area contributed by atoms with E-state index in [1.54, 1.807) is 0 Å². The van der Waals surface area contributed by atoms with Gasteiger partial charge in [0.1, 0.15) is 0 Å². The summed E-state index contributed by atoms with van der Waals surface area (Å²) in [6, 6.07) is 17.8. The minimum atomic E-state index is 0.0429. The number of fused-ring (bicyclic) bond motifs is 1. The Morgan fingerprint density at radius 3 is 2.33 bits per heavy atom. The van der Waals surface area contributed by atoms with E-state index in [-0.39, 0.29) is 17.3 Å². The molecule has 3 aromatic rings. The Kier molecular flexibility index (Phi) is 5.28. The van der Waals surface area contributed by atoms with Crippen LogP contribution in [-0.4, -0.2) is 27.5 Å². The SMILES string of the molecule is Cc1ccc2c(c1)[nH]c(=O)n2C1CCN(C2(c3ccccc3)CCCCCC2)CC1. The van der Waals surface area contributed by atoms with Crippen LogP contribution in [-0.2, 0) is 5.54 Å². The van der Waals surface area contributed by atoms with Gasteiger partial charge in [-0.2, -0.15) is 0 Å². The van der Waals surface area contributed by atoms with Gasteiger partial charge in [-0.05, 0) is 55.9 Å². The lowest BCUT2D eigenvalue weighted by molar-refractivity contribution is 0.0356. The Balaban J connectivity index is 1.42. The van der Waals surface area contributed by atoms with Crippen molar-refractivity contribution in [3.63, 3.8) is 0 Å². The topological polar surface area (TPSA) is 41.0 Å². The van der Waals surface area contributed by atoms with Crippen LogP contribution < -0.4 is 5.69 Å². The molecule has 2 heterocycles. The van der Waals surface area contributed by atoms with Crippen LogP contribution in [0.15, 0.2) is 53.3 Å². The van der Waals surface area contributed by atoms with Gasteiger partial charge < -0.3 is 4.98 Å². The average molecular weight is 404 g/mol. The molecule has 1 aliphatic carbocycles. The predicted molar refractivity (Wildman–Crippen MR) is 123 cm³/mol. The van der Waals surface area contributed by atoms with E-state index in [4.69, 9.17) is 0 Å². The second-order valence-corrected chi connectivity index (χ2v) is 9.35. The van der Waals surface area contributed by atoms with Crippen LogP contribution in [0.25, 0.3) is 11.0 Å². The lowest BCUT2D eigenvalue weighted by Crippen LogP contribution is -2.50. The number of hydrogen-bond donors (Lipinski definition) is 1. The van der Waals surface area contributed by atoms with Crippen molar-refractivity contribution in [1.29, 1.82) is 0 Å². The van der Waals surface area contributed by atoms with Crippen molar-refractivity contribution < 1.29 is 0 Å². The van der Waals surface area contributed by atoms with Gasteiger partial charge in [0.05, 0.1) is 11.0 Å². The Morgan fingerprint density at radius 2 is 1.63 bits per heavy atom. The highest BCUT2D eigenvalue weighted by Crippen LogP contribution is 2.43. The van der Waals surface area contributed by atoms with Gasteiger partial charge in [0.25, 0.3) is 0 Å². The molecule has 30 heavy (non-hydrogen) atoms. The molecule has 2 aliphatic rings. The van der Waals surface area contributed by atoms with E-state index in [2.05, 4.69) is 65.3 Å². The number of hydrogen-bond acceptors (Lipinski definition) is 2. The van der Waals surface area contributed by atoms with Crippen molar-refractivity contribution in [2.45, 2.75) is 69.9 Å². The minimum Gasteiger partial charge on any atom is -0.306 e. The molecular formula is C26H33N3O. The van der Waals surface area contributed by atoms with E-state index >= 15 is 0 Å². The summed E-state index contributed by atoms with van der Waals surface area (Å²) < 4.78 is 2.02. The number of aryl methyl sites for hydroxylation is 1. The van der Waals surface area contributed by atoms with Crippen molar-refractivity contribution in [3.05, 3.63) is 70.1 Å². The van der Waals surface area contributed by atoms with Gasteiger partial charge in [0.15, 0.2) is 0 Å². The molecule has 0 bridgehead atoms. The van der Waals surface area contributed by atoms with Crippen molar-refractivity contribution in [2.24, 2.45) is 0 Å². The molecule has 0 spiro atoms. The Morgan fingerprint density at radius 1 is 0.933 bits per heavy atom. The molecule has 0 unspecified atom stereocenters. The zero-order valence-corrected chi connectivity index (χ0v) is 18.1. The molecule has 1 N–H and O–H groups in total. The molecule has 0 radical (unpaired) electrons. The second-order valence-electron chi connectivity index (χ2n) is 9.35. The number of aromatic nitrogens is 2. The molecule has 158 valence electrons. The zero-order valence-electron chi connectivity index (χ0n) is 18.1. The number of likely N-dealkylation sites (tertiary alicyclic amines) is 1. The van der Waals surface area contributed by atoms with Crippen LogP contribution in [0.1, 0.15) is 68.5 Å². The van der Waals surface area contributed by atoms with Gasteiger partial charge in [0.2, 0.25) is 0 Å². The third-order valence-electron chi connectivity index (χ3n) is 7.55. The zero-order chi connectivity index (χ0) is 20.6. The molecule has 4 nitrogen and oxygen atoms in total. The number of nitrogens with one attached hydrogen (secondary N) is 1. The van der Waals surface area contributed by atoms with E-state index in [1.165, 1.54) is 49.7 Å². The predicted octanol–water partition coefficient (Wildman–Crippen LogP) is 5.52. The van der Waals surface area contributed by atoms with Crippen LogP contribution in [0.3, 0.4) is 0 Å². The first kappa shape index (κ1) is 19.6. The second kappa shape index (κ2) is 8.07. The summed E-state index contributed by atoms with van der Waals surface area (Å²) >= 11 is 0. The standard InChI is InChI=1S/C26H33N3O/c1-20-11-12-24-23(19-20)27-25(30)29(24)22-13-17-28(18-14-22)26(15-7-2-3-8-16-26)21-9-5-4-6-10-21/h4-6,9-12,19,22H,2-3,7-8,13-18H2,1H3,(H,27,30). The highest BCUT2D eigenvalue weighted by atomic mass is 16.1. The van der Waals surface area contributed by atoms with E-state index in [0.29, 0.717) is 0 Å². The summed E-state index contributed by atoms with van der Waals surface area (Å²) in [5, 5.41) is 0. The molecular weight excluding hydrogens is 370 g/mol. The maximum Gasteiger partial charge on any atom is 0.326 e. The van der Waals surface area contributed by atoms with E-state index < -0.39 is 0 Å². The van der Waals surface area contributed by atoms with Gasteiger partial charge >= 0.3 is 5.69 Å². The number of benzene rings is 2. The first-order valence-electron chi connectivity index (χ1n) is 11.7. The molecule has 2 fully saturated rings. The third kappa shape index (κ3) is 3.41. The van der Waals surface area contributed by atoms with Crippen LogP contribution in [0.4, 0.5) is 0 Å². The average Bonchev–Trinajstić information content (AvgIpc) is 2.93. The first-order chi connectivity index (χ1) is 14.7. The fourth-order valence-corrected chi connectivity index (χ4v) is 6.01. The monoisotopic (exact) mass is 403 g/mol. The lowest BCUT2D eigenvalue weighted by Gasteiger charge is -2.47. The fourth-order valence-electron chi connectivity index (χ4n) is 6.01. The van der Waals surface area contributed by atoms with Crippen molar-refractivity contribution in [2.75, 3.05) is 13.1 Å². The van der Waals surface area contributed by atoms with Crippen LogP contribution in [0.2, 0.25) is 0 Å². The number of rotatable bonds is 3. The summed E-state index contributed by atoms with van der Waals surface area (Å²) in [5.41, 5.74) is 4.91. The molecule has 1 saturated carbocycles. The van der Waals surface area contributed by atoms with Crippen LogP contribution >= 0.6 is 0 Å². The molecule has 5 rings (SSSR count). The molecule has 1 aliphatic heterocycles. The number of piperidine rings is 1. The molecule has 1 saturated heterocycles. The number of nitrogens with zero attached hydrogens (tertiary/aromatic N) is 2. The third-order valence-corrected chi connectivity index (χ3v) is 7.55. The van der Waals surface area contributed by atoms with Crippen LogP contribution in [0.5, 0.6) is 0 Å². The van der Waals surface area contributed by atoms with Gasteiger partial charge in [0, 0.05) is 24.7 Å². The van der Waals surface area contributed by atoms with Crippen molar-refractivity contribution in [1.82, 2.24) is 14.5 Å². The van der Waals surface area contributed by atoms with E-state index in [9.17, 15) is 4.79 Å². The maximum atomic E-state index is 12.8. The summed E-state index contributed by atoms with van der Waals surface area (Å²) in [5.74, 6) is 0. The highest BCUT2D eigenvalue weighted by molar-refractivity contribution is 5.76. The Labute approximate surface area is 178 Å². The van der Waals surface area contributed by atoms with Gasteiger partial charge in [-0.3, -0.25) is 9.47 Å². The number of H-pyrrole nitrogens is 1. The highest BCUT2D eigenvalue weighted by Gasteiger charge is 2.40. The minimum absolute atomic E-state index is 0.0429. The van der Waals surface area contributed by atoms with Gasteiger partial charge in [-0.1, -0.05) is 62.1 Å². The maximum absolute atomic E-state index is 12.8. The normalized spacial score (nSPS) is 21.0. The molecule has 4 heteroatoms. The molecule has 0 atom stereocenters. The molecule has 0 amide bonds. The van der Waals surface area contributed by atoms with E-state index in [0.717, 1.165) is 37.0 Å². The quantitative estimate of drug-likeness (QED) is 0.585. The van der Waals surface area contributed by atoms with Gasteiger partial charge in [-0.25, -0.2) is 4.79 Å². The number of aromatic amines is 1. The summed E-state index contributed by atoms with van der Waals surface area (Å²) in [6.07, 6.45) is 9.93. The Bertz CT molecular complexity index is 1050. The molecule has 2 aromatic carbocycles.